The molecule has 1 aromatic heterocycles. The third kappa shape index (κ3) is 2.08. The smallest absolute Gasteiger partial charge is 0.255 e. The van der Waals surface area contributed by atoms with Gasteiger partial charge in [0.05, 0.1) is 18.3 Å². The van der Waals surface area contributed by atoms with Crippen molar-refractivity contribution in [2.24, 2.45) is 7.05 Å². The van der Waals surface area contributed by atoms with E-state index >= 15 is 0 Å². The van der Waals surface area contributed by atoms with Crippen LogP contribution in [0, 0.1) is 25.2 Å². The maximum absolute atomic E-state index is 12.6. The summed E-state index contributed by atoms with van der Waals surface area (Å²) in [7, 11) is 1.87. The van der Waals surface area contributed by atoms with Crippen LogP contribution in [-0.2, 0) is 13.6 Å². The Kier molecular flexibility index (Phi) is 3.42. The predicted octanol–water partition coefficient (Wildman–Crippen LogP) is 2.91. The zero-order valence-electron chi connectivity index (χ0n) is 12.6. The normalized spacial score (nSPS) is 16.8. The first-order valence-corrected chi connectivity index (χ1v) is 7.31. The lowest BCUT2D eigenvalue weighted by atomic mass is 10.1. The first-order chi connectivity index (χ1) is 10.4. The SMILES string of the molecule is Cc1nn(C)c(C)c1CN1C(=O)c2ccc(Cl)cc2C1C#N. The number of carbonyl (C=O) groups is 1. The summed E-state index contributed by atoms with van der Waals surface area (Å²) in [4.78, 5) is 14.2. The Morgan fingerprint density at radius 3 is 2.73 bits per heavy atom. The molecule has 0 fully saturated rings. The van der Waals surface area contributed by atoms with Crippen molar-refractivity contribution in [3.05, 3.63) is 51.3 Å². The molecule has 1 aliphatic rings. The van der Waals surface area contributed by atoms with E-state index < -0.39 is 6.04 Å². The van der Waals surface area contributed by atoms with Gasteiger partial charge in [0.2, 0.25) is 0 Å². The molecule has 0 saturated heterocycles. The molecule has 112 valence electrons. The highest BCUT2D eigenvalue weighted by Gasteiger charge is 2.37. The Hall–Kier alpha value is -2.32. The Morgan fingerprint density at radius 2 is 2.14 bits per heavy atom. The Morgan fingerprint density at radius 1 is 1.41 bits per heavy atom. The molecule has 6 heteroatoms. The van der Waals surface area contributed by atoms with Crippen molar-refractivity contribution in [1.29, 1.82) is 5.26 Å². The van der Waals surface area contributed by atoms with E-state index in [0.717, 1.165) is 17.0 Å². The molecule has 0 N–H and O–H groups in total. The van der Waals surface area contributed by atoms with Crippen LogP contribution in [-0.4, -0.2) is 20.6 Å². The Bertz CT molecular complexity index is 818. The molecule has 2 heterocycles. The number of hydrogen-bond donors (Lipinski definition) is 0. The summed E-state index contributed by atoms with van der Waals surface area (Å²) in [5.41, 5.74) is 4.08. The molecule has 0 bridgehead atoms. The molecule has 1 aromatic carbocycles. The van der Waals surface area contributed by atoms with Gasteiger partial charge >= 0.3 is 0 Å². The topological polar surface area (TPSA) is 61.9 Å². The number of nitriles is 1. The lowest BCUT2D eigenvalue weighted by Gasteiger charge is -2.20. The quantitative estimate of drug-likeness (QED) is 0.856. The molecule has 1 atom stereocenters. The molecule has 1 amide bonds. The van der Waals surface area contributed by atoms with Gasteiger partial charge in [-0.05, 0) is 32.0 Å². The van der Waals surface area contributed by atoms with Crippen molar-refractivity contribution in [1.82, 2.24) is 14.7 Å². The van der Waals surface area contributed by atoms with E-state index in [1.54, 1.807) is 27.8 Å². The minimum absolute atomic E-state index is 0.138. The summed E-state index contributed by atoms with van der Waals surface area (Å²) in [5.74, 6) is -0.138. The molecule has 0 saturated carbocycles. The molecule has 0 aliphatic carbocycles. The second kappa shape index (κ2) is 5.15. The number of halogens is 1. The summed E-state index contributed by atoms with van der Waals surface area (Å²) >= 11 is 6.00. The van der Waals surface area contributed by atoms with Gasteiger partial charge in [0.1, 0.15) is 6.04 Å². The first kappa shape index (κ1) is 14.6. The number of amides is 1. The van der Waals surface area contributed by atoms with Gasteiger partial charge in [0.25, 0.3) is 5.91 Å². The number of aromatic nitrogens is 2. The molecular weight excluding hydrogens is 300 g/mol. The zero-order chi connectivity index (χ0) is 16.0. The summed E-state index contributed by atoms with van der Waals surface area (Å²) < 4.78 is 1.79. The third-order valence-corrected chi connectivity index (χ3v) is 4.46. The van der Waals surface area contributed by atoms with Crippen LogP contribution in [0.2, 0.25) is 5.02 Å². The van der Waals surface area contributed by atoms with Gasteiger partial charge in [-0.25, -0.2) is 0 Å². The fourth-order valence-electron chi connectivity index (χ4n) is 2.91. The van der Waals surface area contributed by atoms with E-state index in [1.165, 1.54) is 0 Å². The third-order valence-electron chi connectivity index (χ3n) is 4.22. The van der Waals surface area contributed by atoms with Crippen LogP contribution in [0.5, 0.6) is 0 Å². The largest absolute Gasteiger partial charge is 0.314 e. The highest BCUT2D eigenvalue weighted by molar-refractivity contribution is 6.30. The van der Waals surface area contributed by atoms with Crippen molar-refractivity contribution in [2.75, 3.05) is 0 Å². The second-order valence-corrected chi connectivity index (χ2v) is 5.91. The summed E-state index contributed by atoms with van der Waals surface area (Å²) in [6, 6.07) is 6.67. The van der Waals surface area contributed by atoms with Crippen molar-refractivity contribution >= 4 is 17.5 Å². The average molecular weight is 315 g/mol. The van der Waals surface area contributed by atoms with Gasteiger partial charge < -0.3 is 4.90 Å². The maximum atomic E-state index is 12.6. The summed E-state index contributed by atoms with van der Waals surface area (Å²) in [6.45, 7) is 4.24. The van der Waals surface area contributed by atoms with E-state index in [0.29, 0.717) is 22.7 Å². The fraction of sp³-hybridized carbons (Fsp3) is 0.312. The predicted molar refractivity (Wildman–Crippen MR) is 82.4 cm³/mol. The minimum atomic E-state index is -0.611. The fourth-order valence-corrected chi connectivity index (χ4v) is 3.09. The Balaban J connectivity index is 2.02. The van der Waals surface area contributed by atoms with Gasteiger partial charge in [0, 0.05) is 34.5 Å². The minimum Gasteiger partial charge on any atom is -0.314 e. The van der Waals surface area contributed by atoms with Crippen LogP contribution in [0.3, 0.4) is 0 Å². The molecule has 1 unspecified atom stereocenters. The Labute approximate surface area is 133 Å². The number of benzene rings is 1. The van der Waals surface area contributed by atoms with Crippen LogP contribution in [0.4, 0.5) is 0 Å². The lowest BCUT2D eigenvalue weighted by molar-refractivity contribution is 0.0744. The molecule has 3 rings (SSSR count). The van der Waals surface area contributed by atoms with Crippen LogP contribution in [0.1, 0.15) is 38.9 Å². The van der Waals surface area contributed by atoms with Crippen LogP contribution >= 0.6 is 11.6 Å². The maximum Gasteiger partial charge on any atom is 0.255 e. The first-order valence-electron chi connectivity index (χ1n) is 6.93. The number of carbonyl (C=O) groups excluding carboxylic acids is 1. The van der Waals surface area contributed by atoms with Gasteiger partial charge in [-0.15, -0.1) is 0 Å². The van der Waals surface area contributed by atoms with E-state index in [2.05, 4.69) is 11.2 Å². The highest BCUT2D eigenvalue weighted by atomic mass is 35.5. The van der Waals surface area contributed by atoms with E-state index in [1.807, 2.05) is 20.9 Å². The number of rotatable bonds is 2. The van der Waals surface area contributed by atoms with E-state index in [4.69, 9.17) is 11.6 Å². The molecule has 5 nitrogen and oxygen atoms in total. The molecule has 22 heavy (non-hydrogen) atoms. The molecular formula is C16H15ClN4O. The standard InChI is InChI=1S/C16H15ClN4O/c1-9-14(10(2)20(3)19-9)8-21-15(7-18)13-6-11(17)4-5-12(13)16(21)22/h4-6,15H,8H2,1-3H3. The van der Waals surface area contributed by atoms with Crippen molar-refractivity contribution < 1.29 is 4.79 Å². The molecule has 0 radical (unpaired) electrons. The number of aryl methyl sites for hydroxylation is 2. The number of fused-ring (bicyclic) bond motifs is 1. The zero-order valence-corrected chi connectivity index (χ0v) is 13.3. The van der Waals surface area contributed by atoms with Gasteiger partial charge in [-0.3, -0.25) is 9.48 Å². The average Bonchev–Trinajstić information content (AvgIpc) is 2.87. The van der Waals surface area contributed by atoms with Crippen molar-refractivity contribution in [3.8, 4) is 6.07 Å². The van der Waals surface area contributed by atoms with E-state index in [-0.39, 0.29) is 5.91 Å². The van der Waals surface area contributed by atoms with Crippen molar-refractivity contribution in [2.45, 2.75) is 26.4 Å². The molecule has 2 aromatic rings. The van der Waals surface area contributed by atoms with Gasteiger partial charge in [0.15, 0.2) is 0 Å². The number of nitrogens with zero attached hydrogens (tertiary/aromatic N) is 4. The van der Waals surface area contributed by atoms with Gasteiger partial charge in [-0.1, -0.05) is 11.6 Å². The second-order valence-electron chi connectivity index (χ2n) is 5.47. The molecule has 1 aliphatic heterocycles. The van der Waals surface area contributed by atoms with Gasteiger partial charge in [-0.2, -0.15) is 10.4 Å². The van der Waals surface area contributed by atoms with Crippen LogP contribution in [0.25, 0.3) is 0 Å². The molecule has 0 spiro atoms. The van der Waals surface area contributed by atoms with Crippen molar-refractivity contribution in [3.63, 3.8) is 0 Å². The lowest BCUT2D eigenvalue weighted by Crippen LogP contribution is -2.27. The summed E-state index contributed by atoms with van der Waals surface area (Å²) in [5, 5.41) is 14.4. The van der Waals surface area contributed by atoms with E-state index in [9.17, 15) is 10.1 Å². The van der Waals surface area contributed by atoms with Crippen LogP contribution < -0.4 is 0 Å². The summed E-state index contributed by atoms with van der Waals surface area (Å²) in [6.07, 6.45) is 0. The van der Waals surface area contributed by atoms with Crippen LogP contribution in [0.15, 0.2) is 18.2 Å². The highest BCUT2D eigenvalue weighted by Crippen LogP contribution is 2.36. The monoisotopic (exact) mass is 314 g/mol. The number of hydrogen-bond acceptors (Lipinski definition) is 3.